The molecule has 0 bridgehead atoms. The summed E-state index contributed by atoms with van der Waals surface area (Å²) in [5.41, 5.74) is 2.31. The lowest BCUT2D eigenvalue weighted by Crippen LogP contribution is -1.93. The summed E-state index contributed by atoms with van der Waals surface area (Å²) in [6, 6.07) is 9.45. The number of halogens is 1. The zero-order valence-electron chi connectivity index (χ0n) is 8.53. The van der Waals surface area contributed by atoms with E-state index < -0.39 is 5.97 Å². The van der Waals surface area contributed by atoms with E-state index in [9.17, 15) is 4.79 Å². The zero-order chi connectivity index (χ0) is 11.7. The van der Waals surface area contributed by atoms with Gasteiger partial charge >= 0.3 is 5.97 Å². The molecule has 2 nitrogen and oxygen atoms in total. The van der Waals surface area contributed by atoms with Crippen molar-refractivity contribution in [1.82, 2.24) is 0 Å². The van der Waals surface area contributed by atoms with E-state index >= 15 is 0 Å². The molecule has 1 aromatic carbocycles. The van der Waals surface area contributed by atoms with Crippen molar-refractivity contribution in [1.29, 1.82) is 0 Å². The van der Waals surface area contributed by atoms with Crippen LogP contribution in [0.1, 0.15) is 15.9 Å². The Morgan fingerprint density at radius 1 is 1.38 bits per heavy atom. The van der Waals surface area contributed by atoms with Gasteiger partial charge in [-0.1, -0.05) is 35.9 Å². The Hall–Kier alpha value is -1.32. The van der Waals surface area contributed by atoms with Crippen LogP contribution in [0.2, 0.25) is 4.34 Å². The summed E-state index contributed by atoms with van der Waals surface area (Å²) in [5.74, 6) is -0.985. The molecule has 0 saturated carbocycles. The maximum absolute atomic E-state index is 10.9. The molecule has 16 heavy (non-hydrogen) atoms. The van der Waals surface area contributed by atoms with Gasteiger partial charge in [-0.2, -0.15) is 0 Å². The summed E-state index contributed by atoms with van der Waals surface area (Å²) >= 11 is 7.17. The smallest absolute Gasteiger partial charge is 0.338 e. The zero-order valence-corrected chi connectivity index (χ0v) is 10.1. The van der Waals surface area contributed by atoms with Gasteiger partial charge in [0.1, 0.15) is 4.34 Å². The van der Waals surface area contributed by atoms with Crippen LogP contribution in [0.15, 0.2) is 30.3 Å². The highest BCUT2D eigenvalue weighted by atomic mass is 35.5. The van der Waals surface area contributed by atoms with E-state index in [0.29, 0.717) is 4.34 Å². The summed E-state index contributed by atoms with van der Waals surface area (Å²) in [4.78, 5) is 11.8. The molecule has 2 rings (SSSR count). The molecule has 0 unspecified atom stereocenters. The number of thiophene rings is 1. The fourth-order valence-electron chi connectivity index (χ4n) is 1.50. The quantitative estimate of drug-likeness (QED) is 0.875. The third-order valence-corrected chi connectivity index (χ3v) is 3.72. The lowest BCUT2D eigenvalue weighted by atomic mass is 10.1. The van der Waals surface area contributed by atoms with Gasteiger partial charge in [0, 0.05) is 4.88 Å². The molecule has 0 aliphatic heterocycles. The molecule has 0 saturated heterocycles. The molecule has 0 fully saturated rings. The Balaban J connectivity index is 2.54. The summed E-state index contributed by atoms with van der Waals surface area (Å²) in [5, 5.41) is 8.92. The first-order valence-electron chi connectivity index (χ1n) is 4.68. The molecule has 0 radical (unpaired) electrons. The Labute approximate surface area is 102 Å². The number of aromatic carboxylic acids is 1. The summed E-state index contributed by atoms with van der Waals surface area (Å²) in [6.45, 7) is 1.99. The van der Waals surface area contributed by atoms with Crippen LogP contribution in [0.4, 0.5) is 0 Å². The molecule has 1 heterocycles. The van der Waals surface area contributed by atoms with Crippen LogP contribution >= 0.6 is 22.9 Å². The fourth-order valence-corrected chi connectivity index (χ4v) is 2.85. The van der Waals surface area contributed by atoms with Crippen molar-refractivity contribution in [3.63, 3.8) is 0 Å². The highest BCUT2D eigenvalue weighted by molar-refractivity contribution is 7.19. The van der Waals surface area contributed by atoms with E-state index in [1.54, 1.807) is 6.07 Å². The van der Waals surface area contributed by atoms with Gasteiger partial charge in [0.15, 0.2) is 0 Å². The van der Waals surface area contributed by atoms with Crippen LogP contribution in [-0.2, 0) is 0 Å². The summed E-state index contributed by atoms with van der Waals surface area (Å²) in [7, 11) is 0. The second-order valence-electron chi connectivity index (χ2n) is 3.42. The molecule has 0 spiro atoms. The highest BCUT2D eigenvalue weighted by Crippen LogP contribution is 2.36. The van der Waals surface area contributed by atoms with E-state index in [0.717, 1.165) is 16.0 Å². The maximum Gasteiger partial charge on any atom is 0.338 e. The number of hydrogen-bond acceptors (Lipinski definition) is 2. The van der Waals surface area contributed by atoms with Crippen molar-refractivity contribution in [3.05, 3.63) is 45.8 Å². The normalized spacial score (nSPS) is 10.4. The molecular formula is C12H9ClO2S. The number of carbonyl (C=O) groups is 1. The van der Waals surface area contributed by atoms with Crippen molar-refractivity contribution in [3.8, 4) is 10.4 Å². The third-order valence-electron chi connectivity index (χ3n) is 2.33. The van der Waals surface area contributed by atoms with Crippen LogP contribution in [0, 0.1) is 6.92 Å². The third kappa shape index (κ3) is 1.96. The van der Waals surface area contributed by atoms with E-state index in [1.165, 1.54) is 11.3 Å². The Morgan fingerprint density at radius 3 is 2.62 bits per heavy atom. The van der Waals surface area contributed by atoms with Gasteiger partial charge in [0.2, 0.25) is 0 Å². The van der Waals surface area contributed by atoms with Crippen molar-refractivity contribution < 1.29 is 9.90 Å². The molecule has 82 valence electrons. The molecule has 0 atom stereocenters. The molecular weight excluding hydrogens is 244 g/mol. The lowest BCUT2D eigenvalue weighted by molar-refractivity contribution is 0.0697. The minimum atomic E-state index is -0.985. The predicted molar refractivity (Wildman–Crippen MR) is 66.5 cm³/mol. The number of carboxylic acids is 1. The van der Waals surface area contributed by atoms with Gasteiger partial charge in [-0.05, 0) is 24.1 Å². The molecule has 0 aliphatic carbocycles. The Morgan fingerprint density at radius 2 is 2.06 bits per heavy atom. The Kier molecular flexibility index (Phi) is 2.99. The number of aryl methyl sites for hydroxylation is 1. The number of hydrogen-bond donors (Lipinski definition) is 1. The van der Waals surface area contributed by atoms with Gasteiger partial charge in [0.05, 0.1) is 5.56 Å². The number of rotatable bonds is 2. The van der Waals surface area contributed by atoms with E-state index in [2.05, 4.69) is 0 Å². The SMILES string of the molecule is Cc1ccccc1-c1cc(C(=O)O)c(Cl)s1. The summed E-state index contributed by atoms with van der Waals surface area (Å²) in [6.07, 6.45) is 0. The largest absolute Gasteiger partial charge is 0.478 e. The standard InChI is InChI=1S/C12H9ClO2S/c1-7-4-2-3-5-8(7)10-6-9(12(14)15)11(13)16-10/h2-6H,1H3,(H,14,15). The van der Waals surface area contributed by atoms with Crippen LogP contribution in [0.5, 0.6) is 0 Å². The Bertz CT molecular complexity index is 546. The van der Waals surface area contributed by atoms with Crippen molar-refractivity contribution in [2.24, 2.45) is 0 Å². The summed E-state index contributed by atoms with van der Waals surface area (Å²) < 4.78 is 0.325. The van der Waals surface area contributed by atoms with Crippen LogP contribution in [0.25, 0.3) is 10.4 Å². The lowest BCUT2D eigenvalue weighted by Gasteiger charge is -2.00. The van der Waals surface area contributed by atoms with Crippen molar-refractivity contribution in [2.75, 3.05) is 0 Å². The van der Waals surface area contributed by atoms with Gasteiger partial charge in [-0.15, -0.1) is 11.3 Å². The monoisotopic (exact) mass is 252 g/mol. The molecule has 0 amide bonds. The minimum absolute atomic E-state index is 0.171. The molecule has 2 aromatic rings. The second-order valence-corrected chi connectivity index (χ2v) is 5.07. The fraction of sp³-hybridized carbons (Fsp3) is 0.0833. The van der Waals surface area contributed by atoms with E-state index in [-0.39, 0.29) is 5.56 Å². The first-order valence-corrected chi connectivity index (χ1v) is 5.87. The van der Waals surface area contributed by atoms with Crippen molar-refractivity contribution in [2.45, 2.75) is 6.92 Å². The maximum atomic E-state index is 10.9. The molecule has 0 aliphatic rings. The first kappa shape index (κ1) is 11.2. The van der Waals surface area contributed by atoms with E-state index in [1.807, 2.05) is 31.2 Å². The highest BCUT2D eigenvalue weighted by Gasteiger charge is 2.15. The average molecular weight is 253 g/mol. The second kappa shape index (κ2) is 4.28. The van der Waals surface area contributed by atoms with Gasteiger partial charge < -0.3 is 5.11 Å². The van der Waals surface area contributed by atoms with Crippen molar-refractivity contribution >= 4 is 28.9 Å². The molecule has 4 heteroatoms. The number of benzene rings is 1. The van der Waals surface area contributed by atoms with Crippen LogP contribution in [0.3, 0.4) is 0 Å². The predicted octanol–water partition coefficient (Wildman–Crippen LogP) is 4.08. The molecule has 1 aromatic heterocycles. The van der Waals surface area contributed by atoms with Gasteiger partial charge in [-0.25, -0.2) is 4.79 Å². The van der Waals surface area contributed by atoms with Crippen LogP contribution < -0.4 is 0 Å². The molecule has 1 N–H and O–H groups in total. The van der Waals surface area contributed by atoms with Crippen LogP contribution in [-0.4, -0.2) is 11.1 Å². The number of carboxylic acid groups (broad SMARTS) is 1. The van der Waals surface area contributed by atoms with E-state index in [4.69, 9.17) is 16.7 Å². The first-order chi connectivity index (χ1) is 7.59. The van der Waals surface area contributed by atoms with Gasteiger partial charge in [-0.3, -0.25) is 0 Å². The topological polar surface area (TPSA) is 37.3 Å². The minimum Gasteiger partial charge on any atom is -0.478 e. The van der Waals surface area contributed by atoms with Gasteiger partial charge in [0.25, 0.3) is 0 Å². The average Bonchev–Trinajstić information content (AvgIpc) is 2.61.